The Morgan fingerprint density at radius 2 is 2.12 bits per heavy atom. The molecule has 1 nitrogen and oxygen atoms in total. The van der Waals surface area contributed by atoms with Crippen LogP contribution in [-0.4, -0.2) is 6.61 Å². The van der Waals surface area contributed by atoms with Gasteiger partial charge in [-0.3, -0.25) is 0 Å². The maximum absolute atomic E-state index is 4.64. The van der Waals surface area contributed by atoms with E-state index < -0.39 is 0 Å². The molecule has 0 aromatic rings. The Morgan fingerprint density at radius 1 is 1.62 bits per heavy atom. The molecule has 47 valence electrons. The first-order valence-electron chi connectivity index (χ1n) is 2.68. The molecule has 0 N–H and O–H groups in total. The summed E-state index contributed by atoms with van der Waals surface area (Å²) in [6.07, 6.45) is 1.18. The first-order valence-corrected chi connectivity index (χ1v) is 2.68. The Kier molecular flexibility index (Phi) is 11.9. The molecule has 1 unspecified atom stereocenters. The predicted molar refractivity (Wildman–Crippen MR) is 30.8 cm³/mol. The molecule has 0 amide bonds. The third-order valence-corrected chi connectivity index (χ3v) is 1.10. The molecule has 0 bridgehead atoms. The largest absolute Gasteiger partial charge is 0.555 e. The van der Waals surface area contributed by atoms with Gasteiger partial charge in [0.25, 0.3) is 0 Å². The maximum Gasteiger partial charge on any atom is 0.0136 e. The summed E-state index contributed by atoms with van der Waals surface area (Å²) in [6.45, 7) is 5.07. The minimum atomic E-state index is 0. The summed E-state index contributed by atoms with van der Waals surface area (Å²) in [7, 11) is 3.27. The molecule has 2 heteroatoms. The molecule has 1 atom stereocenters. The van der Waals surface area contributed by atoms with E-state index in [1.54, 1.807) is 0 Å². The van der Waals surface area contributed by atoms with Crippen molar-refractivity contribution >= 4 is 0 Å². The SMILES string of the molecule is [CH2-]OCC(C)CC.[Y]. The van der Waals surface area contributed by atoms with Crippen LogP contribution in [0.25, 0.3) is 0 Å². The Morgan fingerprint density at radius 3 is 2.25 bits per heavy atom. The molecule has 0 aliphatic carbocycles. The quantitative estimate of drug-likeness (QED) is 0.617. The molecule has 0 saturated heterocycles. The zero-order valence-electron chi connectivity index (χ0n) is 5.68. The van der Waals surface area contributed by atoms with Crippen molar-refractivity contribution < 1.29 is 37.4 Å². The van der Waals surface area contributed by atoms with E-state index in [0.29, 0.717) is 5.92 Å². The average Bonchev–Trinajstić information content (AvgIpc) is 1.68. The van der Waals surface area contributed by atoms with Gasteiger partial charge in [0.2, 0.25) is 0 Å². The Bertz CT molecular complexity index is 39.5. The van der Waals surface area contributed by atoms with Crippen LogP contribution < -0.4 is 0 Å². The van der Waals surface area contributed by atoms with Gasteiger partial charge in [0.1, 0.15) is 0 Å². The third kappa shape index (κ3) is 7.06. The molecule has 0 saturated carbocycles. The van der Waals surface area contributed by atoms with Gasteiger partial charge in [-0.25, -0.2) is 7.11 Å². The van der Waals surface area contributed by atoms with Gasteiger partial charge < -0.3 is 4.74 Å². The van der Waals surface area contributed by atoms with Crippen molar-refractivity contribution in [3.05, 3.63) is 7.11 Å². The molecule has 0 aromatic heterocycles. The van der Waals surface area contributed by atoms with E-state index in [-0.39, 0.29) is 32.7 Å². The Labute approximate surface area is 77.1 Å². The van der Waals surface area contributed by atoms with Crippen LogP contribution in [0, 0.1) is 13.0 Å². The second-order valence-electron chi connectivity index (χ2n) is 1.88. The van der Waals surface area contributed by atoms with Crippen LogP contribution in [0.1, 0.15) is 20.3 Å². The fourth-order valence-electron chi connectivity index (χ4n) is 0.319. The second-order valence-corrected chi connectivity index (χ2v) is 1.88. The minimum Gasteiger partial charge on any atom is -0.555 e. The van der Waals surface area contributed by atoms with Crippen LogP contribution in [0.3, 0.4) is 0 Å². The van der Waals surface area contributed by atoms with Crippen molar-refractivity contribution in [3.63, 3.8) is 0 Å². The van der Waals surface area contributed by atoms with Crippen molar-refractivity contribution in [1.29, 1.82) is 0 Å². The summed E-state index contributed by atoms with van der Waals surface area (Å²) in [5.41, 5.74) is 0. The first kappa shape index (κ1) is 11.8. The van der Waals surface area contributed by atoms with Crippen LogP contribution in [0.5, 0.6) is 0 Å². The normalized spacial score (nSPS) is 12.4. The van der Waals surface area contributed by atoms with Crippen molar-refractivity contribution in [2.75, 3.05) is 6.61 Å². The fourth-order valence-corrected chi connectivity index (χ4v) is 0.319. The molecule has 0 aliphatic heterocycles. The Hall–Kier alpha value is 1.06. The zero-order valence-corrected chi connectivity index (χ0v) is 8.52. The summed E-state index contributed by atoms with van der Waals surface area (Å²) in [4.78, 5) is 0. The van der Waals surface area contributed by atoms with Crippen molar-refractivity contribution in [1.82, 2.24) is 0 Å². The van der Waals surface area contributed by atoms with Gasteiger partial charge in [-0.2, -0.15) is 0 Å². The maximum atomic E-state index is 4.64. The molecule has 0 heterocycles. The zero-order chi connectivity index (χ0) is 5.70. The molecular formula is C6H13OY-. The number of ether oxygens (including phenoxy) is 1. The Balaban J connectivity index is 0. The average molecular weight is 190 g/mol. The van der Waals surface area contributed by atoms with Crippen molar-refractivity contribution in [2.24, 2.45) is 5.92 Å². The monoisotopic (exact) mass is 190 g/mol. The number of rotatable bonds is 3. The van der Waals surface area contributed by atoms with E-state index >= 15 is 0 Å². The molecule has 0 aliphatic rings. The molecule has 0 fully saturated rings. The van der Waals surface area contributed by atoms with Gasteiger partial charge in [-0.1, -0.05) is 20.3 Å². The summed E-state index contributed by atoms with van der Waals surface area (Å²) in [5.74, 6) is 0.664. The van der Waals surface area contributed by atoms with E-state index in [1.807, 2.05) is 0 Å². The van der Waals surface area contributed by atoms with Crippen LogP contribution >= 0.6 is 0 Å². The fraction of sp³-hybridized carbons (Fsp3) is 0.833. The van der Waals surface area contributed by atoms with Gasteiger partial charge in [0, 0.05) is 39.3 Å². The standard InChI is InChI=1S/C6H13O.Y/c1-4-6(2)5-7-3;/h6H,3-5H2,1-2H3;/q-1;. The van der Waals surface area contributed by atoms with E-state index in [2.05, 4.69) is 25.7 Å². The smallest absolute Gasteiger partial charge is 0.0136 e. The van der Waals surface area contributed by atoms with E-state index in [4.69, 9.17) is 0 Å². The number of hydrogen-bond donors (Lipinski definition) is 0. The molecular weight excluding hydrogens is 177 g/mol. The molecule has 0 rings (SSSR count). The molecule has 0 spiro atoms. The van der Waals surface area contributed by atoms with Crippen molar-refractivity contribution in [2.45, 2.75) is 20.3 Å². The summed E-state index contributed by atoms with van der Waals surface area (Å²) < 4.78 is 4.64. The topological polar surface area (TPSA) is 9.23 Å². The first-order chi connectivity index (χ1) is 3.31. The van der Waals surface area contributed by atoms with Crippen LogP contribution in [0.2, 0.25) is 0 Å². The van der Waals surface area contributed by atoms with Gasteiger partial charge >= 0.3 is 0 Å². The van der Waals surface area contributed by atoms with Crippen LogP contribution in [0.15, 0.2) is 0 Å². The van der Waals surface area contributed by atoms with E-state index in [9.17, 15) is 0 Å². The summed E-state index contributed by atoms with van der Waals surface area (Å²) in [6, 6.07) is 0. The van der Waals surface area contributed by atoms with Gasteiger partial charge in [0.15, 0.2) is 0 Å². The molecule has 1 radical (unpaired) electrons. The van der Waals surface area contributed by atoms with E-state index in [0.717, 1.165) is 6.61 Å². The second kappa shape index (κ2) is 8.06. The van der Waals surface area contributed by atoms with Crippen molar-refractivity contribution in [3.8, 4) is 0 Å². The van der Waals surface area contributed by atoms with E-state index in [1.165, 1.54) is 6.42 Å². The third-order valence-electron chi connectivity index (χ3n) is 1.10. The molecule has 0 aromatic carbocycles. The van der Waals surface area contributed by atoms with Crippen LogP contribution in [-0.2, 0) is 37.4 Å². The minimum absolute atomic E-state index is 0. The van der Waals surface area contributed by atoms with Gasteiger partial charge in [0.05, 0.1) is 0 Å². The summed E-state index contributed by atoms with van der Waals surface area (Å²) >= 11 is 0. The van der Waals surface area contributed by atoms with Crippen LogP contribution in [0.4, 0.5) is 0 Å². The number of hydrogen-bond acceptors (Lipinski definition) is 1. The predicted octanol–water partition coefficient (Wildman–Crippen LogP) is 1.84. The van der Waals surface area contributed by atoms with Gasteiger partial charge in [-0.05, 0) is 5.92 Å². The summed E-state index contributed by atoms with van der Waals surface area (Å²) in [5, 5.41) is 0. The molecule has 8 heavy (non-hydrogen) atoms. The van der Waals surface area contributed by atoms with Gasteiger partial charge in [-0.15, -0.1) is 0 Å².